The van der Waals surface area contributed by atoms with Crippen LogP contribution in [0.15, 0.2) is 24.3 Å². The maximum absolute atomic E-state index is 11.5. The highest BCUT2D eigenvalue weighted by Gasteiger charge is 2.13. The van der Waals surface area contributed by atoms with Crippen molar-refractivity contribution in [1.82, 2.24) is 0 Å². The minimum atomic E-state index is -0.547. The molecule has 1 amide bonds. The SMILES string of the molecule is CCOC(=O)N(N)c1cccc(N(CC)CC)c1. The molecule has 0 aliphatic rings. The molecule has 5 heteroatoms. The van der Waals surface area contributed by atoms with Crippen LogP contribution >= 0.6 is 0 Å². The van der Waals surface area contributed by atoms with Gasteiger partial charge in [0.2, 0.25) is 0 Å². The summed E-state index contributed by atoms with van der Waals surface area (Å²) >= 11 is 0. The third-order valence-corrected chi connectivity index (χ3v) is 2.70. The second kappa shape index (κ2) is 6.86. The lowest BCUT2D eigenvalue weighted by molar-refractivity contribution is 0.160. The van der Waals surface area contributed by atoms with E-state index in [0.717, 1.165) is 23.8 Å². The zero-order chi connectivity index (χ0) is 13.5. The summed E-state index contributed by atoms with van der Waals surface area (Å²) in [4.78, 5) is 13.7. The number of carbonyl (C=O) groups excluding carboxylic acids is 1. The van der Waals surface area contributed by atoms with Crippen molar-refractivity contribution < 1.29 is 9.53 Å². The first-order valence-corrected chi connectivity index (χ1v) is 6.20. The van der Waals surface area contributed by atoms with Crippen LogP contribution in [0.3, 0.4) is 0 Å². The predicted octanol–water partition coefficient (Wildman–Crippen LogP) is 2.37. The van der Waals surface area contributed by atoms with Crippen LogP contribution in [0.1, 0.15) is 20.8 Å². The molecule has 1 aromatic carbocycles. The molecular formula is C13H21N3O2. The monoisotopic (exact) mass is 251 g/mol. The summed E-state index contributed by atoms with van der Waals surface area (Å²) in [6, 6.07) is 7.53. The fourth-order valence-corrected chi connectivity index (χ4v) is 1.73. The van der Waals surface area contributed by atoms with Crippen molar-refractivity contribution in [3.63, 3.8) is 0 Å². The number of benzene rings is 1. The van der Waals surface area contributed by atoms with Gasteiger partial charge in [-0.3, -0.25) is 0 Å². The number of carbonyl (C=O) groups is 1. The standard InChI is InChI=1S/C13H21N3O2/c1-4-15(5-2)11-8-7-9-12(10-11)16(14)13(17)18-6-3/h7-10H,4-6,14H2,1-3H3. The normalized spacial score (nSPS) is 10.0. The van der Waals surface area contributed by atoms with Crippen LogP contribution in [0.5, 0.6) is 0 Å². The number of hydrazine groups is 1. The first-order valence-electron chi connectivity index (χ1n) is 6.20. The summed E-state index contributed by atoms with van der Waals surface area (Å²) in [6.45, 7) is 8.04. The highest BCUT2D eigenvalue weighted by Crippen LogP contribution is 2.21. The van der Waals surface area contributed by atoms with Crippen molar-refractivity contribution >= 4 is 17.5 Å². The Morgan fingerprint density at radius 2 is 1.83 bits per heavy atom. The Balaban J connectivity index is 2.90. The molecule has 18 heavy (non-hydrogen) atoms. The Kier molecular flexibility index (Phi) is 5.45. The second-order valence-corrected chi connectivity index (χ2v) is 3.76. The lowest BCUT2D eigenvalue weighted by Gasteiger charge is -2.23. The van der Waals surface area contributed by atoms with Crippen LogP contribution in [-0.2, 0) is 4.74 Å². The van der Waals surface area contributed by atoms with Gasteiger partial charge in [0.1, 0.15) is 0 Å². The van der Waals surface area contributed by atoms with E-state index in [1.807, 2.05) is 18.2 Å². The predicted molar refractivity (Wildman–Crippen MR) is 73.7 cm³/mol. The van der Waals surface area contributed by atoms with Gasteiger partial charge in [0, 0.05) is 18.8 Å². The summed E-state index contributed by atoms with van der Waals surface area (Å²) in [5, 5.41) is 1.02. The maximum Gasteiger partial charge on any atom is 0.428 e. The molecule has 0 bridgehead atoms. The molecule has 0 atom stereocenters. The van der Waals surface area contributed by atoms with Gasteiger partial charge in [0.05, 0.1) is 12.3 Å². The molecule has 0 fully saturated rings. The van der Waals surface area contributed by atoms with Crippen molar-refractivity contribution in [3.8, 4) is 0 Å². The molecule has 0 heterocycles. The van der Waals surface area contributed by atoms with E-state index in [4.69, 9.17) is 10.6 Å². The van der Waals surface area contributed by atoms with Crippen molar-refractivity contribution in [2.24, 2.45) is 5.84 Å². The molecule has 0 spiro atoms. The van der Waals surface area contributed by atoms with Gasteiger partial charge in [-0.1, -0.05) is 6.07 Å². The van der Waals surface area contributed by atoms with Crippen LogP contribution in [0.4, 0.5) is 16.2 Å². The van der Waals surface area contributed by atoms with Crippen LogP contribution in [0, 0.1) is 0 Å². The molecular weight excluding hydrogens is 230 g/mol. The summed E-state index contributed by atoms with van der Waals surface area (Å²) in [5.74, 6) is 5.72. The van der Waals surface area contributed by atoms with Crippen molar-refractivity contribution in [1.29, 1.82) is 0 Å². The summed E-state index contributed by atoms with van der Waals surface area (Å²) < 4.78 is 4.86. The quantitative estimate of drug-likeness (QED) is 0.496. The zero-order valence-electron chi connectivity index (χ0n) is 11.2. The molecule has 0 radical (unpaired) electrons. The molecule has 0 aliphatic carbocycles. The number of ether oxygens (including phenoxy) is 1. The van der Waals surface area contributed by atoms with Gasteiger partial charge in [-0.25, -0.2) is 15.6 Å². The molecule has 0 aliphatic heterocycles. The number of hydrogen-bond acceptors (Lipinski definition) is 4. The van der Waals surface area contributed by atoms with Crippen molar-refractivity contribution in [2.45, 2.75) is 20.8 Å². The summed E-state index contributed by atoms with van der Waals surface area (Å²) in [5.41, 5.74) is 1.66. The van der Waals surface area contributed by atoms with E-state index in [1.165, 1.54) is 0 Å². The summed E-state index contributed by atoms with van der Waals surface area (Å²) in [6.07, 6.45) is -0.547. The Hall–Kier alpha value is -1.75. The molecule has 0 unspecified atom stereocenters. The Bertz CT molecular complexity index is 392. The van der Waals surface area contributed by atoms with Gasteiger partial charge < -0.3 is 9.64 Å². The van der Waals surface area contributed by atoms with Gasteiger partial charge in [-0.05, 0) is 39.0 Å². The van der Waals surface area contributed by atoms with E-state index >= 15 is 0 Å². The van der Waals surface area contributed by atoms with Crippen LogP contribution in [-0.4, -0.2) is 25.8 Å². The smallest absolute Gasteiger partial charge is 0.428 e. The topological polar surface area (TPSA) is 58.8 Å². The average molecular weight is 251 g/mol. The minimum absolute atomic E-state index is 0.308. The number of amides is 1. The Morgan fingerprint density at radius 3 is 2.39 bits per heavy atom. The van der Waals surface area contributed by atoms with Crippen molar-refractivity contribution in [3.05, 3.63) is 24.3 Å². The number of rotatable bonds is 5. The van der Waals surface area contributed by atoms with E-state index in [0.29, 0.717) is 12.3 Å². The van der Waals surface area contributed by atoms with Gasteiger partial charge >= 0.3 is 6.09 Å². The first-order chi connectivity index (χ1) is 8.63. The van der Waals surface area contributed by atoms with Crippen LogP contribution in [0.25, 0.3) is 0 Å². The molecule has 1 rings (SSSR count). The number of nitrogens with zero attached hydrogens (tertiary/aromatic N) is 2. The molecule has 1 aromatic rings. The molecule has 100 valence electrons. The van der Waals surface area contributed by atoms with E-state index < -0.39 is 6.09 Å². The minimum Gasteiger partial charge on any atom is -0.449 e. The van der Waals surface area contributed by atoms with Crippen molar-refractivity contribution in [2.75, 3.05) is 29.6 Å². The number of anilines is 2. The lowest BCUT2D eigenvalue weighted by Crippen LogP contribution is -2.38. The fourth-order valence-electron chi connectivity index (χ4n) is 1.73. The largest absolute Gasteiger partial charge is 0.449 e. The zero-order valence-corrected chi connectivity index (χ0v) is 11.2. The van der Waals surface area contributed by atoms with E-state index in [2.05, 4.69) is 18.7 Å². The van der Waals surface area contributed by atoms with E-state index in [1.54, 1.807) is 13.0 Å². The van der Waals surface area contributed by atoms with Gasteiger partial charge in [-0.15, -0.1) is 0 Å². The molecule has 0 aromatic heterocycles. The molecule has 5 nitrogen and oxygen atoms in total. The van der Waals surface area contributed by atoms with Gasteiger partial charge in [0.25, 0.3) is 0 Å². The average Bonchev–Trinajstić information content (AvgIpc) is 2.40. The highest BCUT2D eigenvalue weighted by atomic mass is 16.6. The van der Waals surface area contributed by atoms with Gasteiger partial charge in [-0.2, -0.15) is 0 Å². The third kappa shape index (κ3) is 3.37. The highest BCUT2D eigenvalue weighted by molar-refractivity contribution is 5.87. The lowest BCUT2D eigenvalue weighted by atomic mass is 10.2. The summed E-state index contributed by atoms with van der Waals surface area (Å²) in [7, 11) is 0. The Labute approximate surface area is 108 Å². The third-order valence-electron chi connectivity index (χ3n) is 2.70. The molecule has 0 saturated carbocycles. The maximum atomic E-state index is 11.5. The first kappa shape index (κ1) is 14.3. The number of nitrogens with two attached hydrogens (primary N) is 1. The van der Waals surface area contributed by atoms with E-state index in [9.17, 15) is 4.79 Å². The van der Waals surface area contributed by atoms with Crippen LogP contribution in [0.2, 0.25) is 0 Å². The fraction of sp³-hybridized carbons (Fsp3) is 0.462. The second-order valence-electron chi connectivity index (χ2n) is 3.76. The molecule has 2 N–H and O–H groups in total. The van der Waals surface area contributed by atoms with Crippen LogP contribution < -0.4 is 15.8 Å². The van der Waals surface area contributed by atoms with E-state index in [-0.39, 0.29) is 0 Å². The molecule has 0 saturated heterocycles. The number of hydrogen-bond donors (Lipinski definition) is 1. The Morgan fingerprint density at radius 1 is 1.22 bits per heavy atom. The van der Waals surface area contributed by atoms with Gasteiger partial charge in [0.15, 0.2) is 0 Å².